The first-order valence-corrected chi connectivity index (χ1v) is 9.73. The molecule has 0 fully saturated rings. The van der Waals surface area contributed by atoms with Crippen LogP contribution >= 0.6 is 0 Å². The maximum atomic E-state index is 12.4. The highest BCUT2D eigenvalue weighted by molar-refractivity contribution is 7.89. The maximum absolute atomic E-state index is 12.4. The molecule has 1 aromatic carbocycles. The summed E-state index contributed by atoms with van der Waals surface area (Å²) in [5.74, 6) is 0.186. The first kappa shape index (κ1) is 18.7. The molecule has 0 atom stereocenters. The van der Waals surface area contributed by atoms with Gasteiger partial charge in [-0.15, -0.1) is 0 Å². The number of hydrogen-bond donors (Lipinski definition) is 2. The van der Waals surface area contributed by atoms with Gasteiger partial charge < -0.3 is 15.0 Å². The van der Waals surface area contributed by atoms with Crippen LogP contribution in [0.3, 0.4) is 0 Å². The first-order valence-electron chi connectivity index (χ1n) is 8.25. The molecule has 0 spiro atoms. The van der Waals surface area contributed by atoms with Crippen LogP contribution in [-0.4, -0.2) is 52.0 Å². The van der Waals surface area contributed by atoms with Crippen molar-refractivity contribution in [1.29, 1.82) is 0 Å². The van der Waals surface area contributed by atoms with Crippen LogP contribution in [-0.2, 0) is 14.8 Å². The zero-order valence-corrected chi connectivity index (χ0v) is 15.0. The highest BCUT2D eigenvalue weighted by Gasteiger charge is 2.20. The Hall–Kier alpha value is -1.64. The topological polar surface area (TPSA) is 87.7 Å². The van der Waals surface area contributed by atoms with E-state index in [1.165, 1.54) is 12.1 Å². The molecule has 0 bridgehead atoms. The number of nitrogens with one attached hydrogen (secondary N) is 2. The first-order chi connectivity index (χ1) is 11.5. The number of carbonyl (C=O) groups excluding carboxylic acids is 1. The second-order valence-electron chi connectivity index (χ2n) is 5.73. The lowest BCUT2D eigenvalue weighted by atomic mass is 10.2. The summed E-state index contributed by atoms with van der Waals surface area (Å²) in [6.07, 6.45) is 2.08. The van der Waals surface area contributed by atoms with E-state index in [0.717, 1.165) is 25.9 Å². The van der Waals surface area contributed by atoms with Crippen molar-refractivity contribution < 1.29 is 17.9 Å². The number of anilines is 1. The summed E-state index contributed by atoms with van der Waals surface area (Å²) < 4.78 is 32.7. The summed E-state index contributed by atoms with van der Waals surface area (Å²) in [5.41, 5.74) is 0.382. The van der Waals surface area contributed by atoms with E-state index in [9.17, 15) is 13.2 Å². The fraction of sp³-hybridized carbons (Fsp3) is 0.562. The molecular formula is C16H25N3O4S. The Balaban J connectivity index is 2.00. The number of sulfonamides is 1. The quantitative estimate of drug-likeness (QED) is 0.699. The SMILES string of the molecule is CCCN(CCC)CCNS(=O)(=O)c1ccc2c(c1)NC(=O)CO2. The standard InChI is InChI=1S/C16H25N3O4S/c1-3-8-19(9-4-2)10-7-17-24(21,22)13-5-6-15-14(11-13)18-16(20)12-23-15/h5-6,11,17H,3-4,7-10,12H2,1-2H3,(H,18,20). The van der Waals surface area contributed by atoms with Gasteiger partial charge in [0.2, 0.25) is 10.0 Å². The van der Waals surface area contributed by atoms with Gasteiger partial charge in [0.05, 0.1) is 10.6 Å². The zero-order valence-electron chi connectivity index (χ0n) is 14.2. The summed E-state index contributed by atoms with van der Waals surface area (Å²) in [4.78, 5) is 13.7. The summed E-state index contributed by atoms with van der Waals surface area (Å²) in [5, 5.41) is 2.62. The van der Waals surface area contributed by atoms with Crippen molar-refractivity contribution in [3.05, 3.63) is 18.2 Å². The summed E-state index contributed by atoms with van der Waals surface area (Å²) in [6.45, 7) is 7.10. The lowest BCUT2D eigenvalue weighted by Crippen LogP contribution is -2.36. The molecule has 1 aliphatic rings. The third-order valence-corrected chi connectivity index (χ3v) is 5.15. The molecule has 0 unspecified atom stereocenters. The molecule has 134 valence electrons. The molecule has 2 rings (SSSR count). The van der Waals surface area contributed by atoms with Gasteiger partial charge in [0.25, 0.3) is 5.91 Å². The normalized spacial score (nSPS) is 14.2. The number of hydrogen-bond acceptors (Lipinski definition) is 5. The fourth-order valence-electron chi connectivity index (χ4n) is 2.62. The molecular weight excluding hydrogens is 330 g/mol. The number of rotatable bonds is 9. The molecule has 8 heteroatoms. The van der Waals surface area contributed by atoms with Crippen LogP contribution in [0.5, 0.6) is 5.75 Å². The highest BCUT2D eigenvalue weighted by Crippen LogP contribution is 2.29. The van der Waals surface area contributed by atoms with E-state index in [1.807, 2.05) is 0 Å². The van der Waals surface area contributed by atoms with Crippen molar-refractivity contribution in [3.63, 3.8) is 0 Å². The van der Waals surface area contributed by atoms with E-state index in [0.29, 0.717) is 24.5 Å². The minimum Gasteiger partial charge on any atom is -0.482 e. The van der Waals surface area contributed by atoms with E-state index < -0.39 is 10.0 Å². The molecule has 24 heavy (non-hydrogen) atoms. The van der Waals surface area contributed by atoms with Crippen LogP contribution in [0, 0.1) is 0 Å². The molecule has 0 saturated heterocycles. The van der Waals surface area contributed by atoms with Crippen LogP contribution in [0.15, 0.2) is 23.1 Å². The van der Waals surface area contributed by atoms with Crippen molar-refractivity contribution >= 4 is 21.6 Å². The zero-order chi connectivity index (χ0) is 17.6. The van der Waals surface area contributed by atoms with Crippen LogP contribution in [0.25, 0.3) is 0 Å². The average molecular weight is 355 g/mol. The Morgan fingerprint density at radius 3 is 2.58 bits per heavy atom. The molecule has 1 heterocycles. The van der Waals surface area contributed by atoms with Crippen molar-refractivity contribution in [2.24, 2.45) is 0 Å². The van der Waals surface area contributed by atoms with Gasteiger partial charge in [-0.1, -0.05) is 13.8 Å². The van der Waals surface area contributed by atoms with Crippen molar-refractivity contribution in [3.8, 4) is 5.75 Å². The van der Waals surface area contributed by atoms with E-state index in [-0.39, 0.29) is 17.4 Å². The van der Waals surface area contributed by atoms with Crippen molar-refractivity contribution in [1.82, 2.24) is 9.62 Å². The molecule has 1 aliphatic heterocycles. The monoisotopic (exact) mass is 355 g/mol. The second-order valence-corrected chi connectivity index (χ2v) is 7.50. The van der Waals surface area contributed by atoms with Crippen molar-refractivity contribution in [2.45, 2.75) is 31.6 Å². The van der Waals surface area contributed by atoms with E-state index >= 15 is 0 Å². The van der Waals surface area contributed by atoms with E-state index in [1.54, 1.807) is 6.07 Å². The minimum absolute atomic E-state index is 0.0535. The maximum Gasteiger partial charge on any atom is 0.262 e. The Labute approximate surface area is 143 Å². The molecule has 1 aromatic rings. The van der Waals surface area contributed by atoms with Crippen LogP contribution in [0.4, 0.5) is 5.69 Å². The highest BCUT2D eigenvalue weighted by atomic mass is 32.2. The Morgan fingerprint density at radius 2 is 1.92 bits per heavy atom. The van der Waals surface area contributed by atoms with Gasteiger partial charge in [-0.3, -0.25) is 4.79 Å². The number of ether oxygens (including phenoxy) is 1. The lowest BCUT2D eigenvalue weighted by Gasteiger charge is -2.21. The predicted molar refractivity (Wildman–Crippen MR) is 92.8 cm³/mol. The third kappa shape index (κ3) is 4.93. The summed E-state index contributed by atoms with van der Waals surface area (Å²) in [7, 11) is -3.62. The molecule has 0 radical (unpaired) electrons. The molecule has 2 N–H and O–H groups in total. The number of amides is 1. The Kier molecular flexibility index (Phi) is 6.59. The summed E-state index contributed by atoms with van der Waals surface area (Å²) in [6, 6.07) is 4.46. The van der Waals surface area contributed by atoms with Gasteiger partial charge in [-0.05, 0) is 44.1 Å². The van der Waals surface area contributed by atoms with Gasteiger partial charge in [-0.2, -0.15) is 0 Å². The number of benzene rings is 1. The largest absolute Gasteiger partial charge is 0.482 e. The smallest absolute Gasteiger partial charge is 0.262 e. The van der Waals surface area contributed by atoms with Gasteiger partial charge in [0.1, 0.15) is 5.75 Å². The van der Waals surface area contributed by atoms with E-state index in [2.05, 4.69) is 28.8 Å². The van der Waals surface area contributed by atoms with Gasteiger partial charge >= 0.3 is 0 Å². The average Bonchev–Trinajstić information content (AvgIpc) is 2.54. The molecule has 0 saturated carbocycles. The van der Waals surface area contributed by atoms with Gasteiger partial charge in [0, 0.05) is 13.1 Å². The van der Waals surface area contributed by atoms with Crippen molar-refractivity contribution in [2.75, 3.05) is 38.1 Å². The number of carbonyl (C=O) groups is 1. The molecule has 0 aliphatic carbocycles. The fourth-order valence-corrected chi connectivity index (χ4v) is 3.67. The van der Waals surface area contributed by atoms with Crippen LogP contribution in [0.1, 0.15) is 26.7 Å². The molecule has 1 amide bonds. The number of nitrogens with zero attached hydrogens (tertiary/aromatic N) is 1. The number of fused-ring (bicyclic) bond motifs is 1. The van der Waals surface area contributed by atoms with E-state index in [4.69, 9.17) is 4.74 Å². The third-order valence-electron chi connectivity index (χ3n) is 3.69. The predicted octanol–water partition coefficient (Wildman–Crippen LogP) is 1.42. The van der Waals surface area contributed by atoms with Gasteiger partial charge in [0.15, 0.2) is 6.61 Å². The Bertz CT molecular complexity index is 670. The van der Waals surface area contributed by atoms with Crippen LogP contribution in [0.2, 0.25) is 0 Å². The molecule has 7 nitrogen and oxygen atoms in total. The lowest BCUT2D eigenvalue weighted by molar-refractivity contribution is -0.118. The van der Waals surface area contributed by atoms with Crippen LogP contribution < -0.4 is 14.8 Å². The second kappa shape index (κ2) is 8.46. The molecule has 0 aromatic heterocycles. The Morgan fingerprint density at radius 1 is 1.21 bits per heavy atom. The minimum atomic E-state index is -3.62. The van der Waals surface area contributed by atoms with Gasteiger partial charge in [-0.25, -0.2) is 13.1 Å². The summed E-state index contributed by atoms with van der Waals surface area (Å²) >= 11 is 0.